The monoisotopic (exact) mass is 340 g/mol. The maximum absolute atomic E-state index is 12.5. The van der Waals surface area contributed by atoms with E-state index in [9.17, 15) is 30.7 Å². The Kier molecular flexibility index (Phi) is 3.69. The van der Waals surface area contributed by atoms with Crippen LogP contribution in [-0.2, 0) is 0 Å². The van der Waals surface area contributed by atoms with E-state index in [-0.39, 0.29) is 0 Å². The van der Waals surface area contributed by atoms with Gasteiger partial charge in [-0.05, 0) is 31.9 Å². The molecule has 0 nitrogen and oxygen atoms in total. The van der Waals surface area contributed by atoms with Crippen LogP contribution in [0.3, 0.4) is 0 Å². The summed E-state index contributed by atoms with van der Waals surface area (Å²) in [5.74, 6) is 0. The van der Waals surface area contributed by atoms with Gasteiger partial charge in [0.2, 0.25) is 0 Å². The van der Waals surface area contributed by atoms with Crippen LogP contribution in [0.4, 0.5) is 30.7 Å². The maximum Gasteiger partial charge on any atom is 0.437 e. The van der Waals surface area contributed by atoms with E-state index >= 15 is 0 Å². The average molecular weight is 342 g/mol. The van der Waals surface area contributed by atoms with Gasteiger partial charge in [0.1, 0.15) is 0 Å². The maximum atomic E-state index is 12.5. The Morgan fingerprint density at radius 3 is 1.23 bits per heavy atom. The molecule has 2 atom stereocenters. The van der Waals surface area contributed by atoms with Gasteiger partial charge in [-0.3, -0.25) is 0 Å². The molecule has 13 heavy (non-hydrogen) atoms. The zero-order chi connectivity index (χ0) is 11.1. The van der Waals surface area contributed by atoms with Gasteiger partial charge in [0.15, 0.2) is 0 Å². The SMILES string of the molecule is FC(F)C(F)(Br)C(F)(Br)C(F)(F)F. The third kappa shape index (κ3) is 2.28. The summed E-state index contributed by atoms with van der Waals surface area (Å²) >= 11 is 2.58. The summed E-state index contributed by atoms with van der Waals surface area (Å²) in [6.07, 6.45) is -9.96. The highest BCUT2D eigenvalue weighted by molar-refractivity contribution is 9.12. The molecule has 0 bridgehead atoms. The Labute approximate surface area is 84.7 Å². The highest BCUT2D eigenvalue weighted by Crippen LogP contribution is 2.54. The largest absolute Gasteiger partial charge is 0.437 e. The first-order chi connectivity index (χ1) is 5.44. The third-order valence-electron chi connectivity index (χ3n) is 1.05. The predicted molar refractivity (Wildman–Crippen MR) is 37.6 cm³/mol. The molecule has 0 saturated heterocycles. The first kappa shape index (κ1) is 13.5. The Morgan fingerprint density at radius 1 is 0.846 bits per heavy atom. The number of hydrogen-bond donors (Lipinski definition) is 0. The summed E-state index contributed by atoms with van der Waals surface area (Å²) in [7, 11) is 0. The van der Waals surface area contributed by atoms with Crippen LogP contribution >= 0.6 is 31.9 Å². The quantitative estimate of drug-likeness (QED) is 0.527. The molecule has 0 spiro atoms. The van der Waals surface area contributed by atoms with E-state index in [1.807, 2.05) is 0 Å². The fourth-order valence-corrected chi connectivity index (χ4v) is 0.724. The van der Waals surface area contributed by atoms with Gasteiger partial charge in [0.05, 0.1) is 0 Å². The van der Waals surface area contributed by atoms with Crippen molar-refractivity contribution in [2.45, 2.75) is 21.8 Å². The van der Waals surface area contributed by atoms with Crippen LogP contribution < -0.4 is 0 Å². The van der Waals surface area contributed by atoms with Crippen molar-refractivity contribution in [1.82, 2.24) is 0 Å². The van der Waals surface area contributed by atoms with Crippen molar-refractivity contribution in [3.8, 4) is 0 Å². The molecular weight excluding hydrogens is 341 g/mol. The molecule has 80 valence electrons. The standard InChI is InChI=1S/C4HBr2F7/c5-2(9,1(7)8)3(6,10)4(11,12)13/h1H. The van der Waals surface area contributed by atoms with Crippen LogP contribution in [0.2, 0.25) is 0 Å². The lowest BCUT2D eigenvalue weighted by Crippen LogP contribution is -2.53. The van der Waals surface area contributed by atoms with Crippen LogP contribution in [0.5, 0.6) is 0 Å². The first-order valence-electron chi connectivity index (χ1n) is 2.55. The van der Waals surface area contributed by atoms with Gasteiger partial charge in [-0.15, -0.1) is 0 Å². The molecule has 0 aromatic carbocycles. The van der Waals surface area contributed by atoms with Crippen LogP contribution in [0, 0.1) is 0 Å². The van der Waals surface area contributed by atoms with E-state index < -0.39 is 21.8 Å². The molecule has 0 heterocycles. The first-order valence-corrected chi connectivity index (χ1v) is 4.13. The summed E-state index contributed by atoms with van der Waals surface area (Å²) in [5, 5.41) is 0. The summed E-state index contributed by atoms with van der Waals surface area (Å²) in [6, 6.07) is 0. The molecule has 0 aliphatic carbocycles. The van der Waals surface area contributed by atoms with Gasteiger partial charge in [0.25, 0.3) is 11.0 Å². The molecule has 0 aliphatic heterocycles. The molecular formula is C4HBr2F7. The predicted octanol–water partition coefficient (Wildman–Crippen LogP) is 3.94. The molecule has 0 rings (SSSR count). The van der Waals surface area contributed by atoms with Crippen molar-refractivity contribution < 1.29 is 30.7 Å². The Morgan fingerprint density at radius 2 is 1.15 bits per heavy atom. The minimum absolute atomic E-state index is 1.23. The highest BCUT2D eigenvalue weighted by atomic mass is 79.9. The van der Waals surface area contributed by atoms with E-state index in [1.165, 1.54) is 31.9 Å². The molecule has 0 saturated carbocycles. The van der Waals surface area contributed by atoms with Crippen molar-refractivity contribution in [1.29, 1.82) is 0 Å². The van der Waals surface area contributed by atoms with Gasteiger partial charge >= 0.3 is 10.8 Å². The van der Waals surface area contributed by atoms with E-state index in [4.69, 9.17) is 0 Å². The van der Waals surface area contributed by atoms with Crippen LogP contribution in [-0.4, -0.2) is 21.8 Å². The Bertz CT molecular complexity index is 183. The molecule has 9 heteroatoms. The summed E-state index contributed by atoms with van der Waals surface area (Å²) in [5.41, 5.74) is 0. The van der Waals surface area contributed by atoms with Gasteiger partial charge < -0.3 is 0 Å². The fraction of sp³-hybridized carbons (Fsp3) is 1.00. The number of halogens is 9. The average Bonchev–Trinajstić information content (AvgIpc) is 1.84. The van der Waals surface area contributed by atoms with E-state index in [0.717, 1.165) is 0 Å². The second-order valence-corrected chi connectivity index (χ2v) is 4.24. The molecule has 2 unspecified atom stereocenters. The van der Waals surface area contributed by atoms with E-state index in [0.29, 0.717) is 0 Å². The Balaban J connectivity index is 5.04. The topological polar surface area (TPSA) is 0 Å². The summed E-state index contributed by atoms with van der Waals surface area (Å²) in [6.45, 7) is 0. The number of rotatable bonds is 2. The number of alkyl halides is 9. The fourth-order valence-electron chi connectivity index (χ4n) is 0.326. The van der Waals surface area contributed by atoms with Crippen molar-refractivity contribution in [3.63, 3.8) is 0 Å². The van der Waals surface area contributed by atoms with Crippen LogP contribution in [0.25, 0.3) is 0 Å². The zero-order valence-electron chi connectivity index (χ0n) is 5.48. The van der Waals surface area contributed by atoms with Gasteiger partial charge in [-0.25, -0.2) is 17.6 Å². The van der Waals surface area contributed by atoms with Crippen LogP contribution in [0.15, 0.2) is 0 Å². The van der Waals surface area contributed by atoms with E-state index in [2.05, 4.69) is 0 Å². The summed E-state index contributed by atoms with van der Waals surface area (Å²) < 4.78 is 74.0. The lowest BCUT2D eigenvalue weighted by molar-refractivity contribution is -0.227. The van der Waals surface area contributed by atoms with Crippen molar-refractivity contribution in [2.75, 3.05) is 0 Å². The molecule has 0 aromatic rings. The lowest BCUT2D eigenvalue weighted by Gasteiger charge is -2.30. The molecule has 0 radical (unpaired) electrons. The van der Waals surface area contributed by atoms with E-state index in [1.54, 1.807) is 0 Å². The molecule has 0 N–H and O–H groups in total. The second kappa shape index (κ2) is 3.56. The van der Waals surface area contributed by atoms with Gasteiger partial charge in [-0.2, -0.15) is 13.2 Å². The van der Waals surface area contributed by atoms with Gasteiger partial charge in [0, 0.05) is 0 Å². The van der Waals surface area contributed by atoms with Crippen molar-refractivity contribution in [3.05, 3.63) is 0 Å². The third-order valence-corrected chi connectivity index (χ3v) is 3.50. The smallest absolute Gasteiger partial charge is 0.220 e. The molecule has 0 aliphatic rings. The normalized spacial score (nSPS) is 22.6. The number of hydrogen-bond acceptors (Lipinski definition) is 0. The zero-order valence-corrected chi connectivity index (χ0v) is 8.65. The summed E-state index contributed by atoms with van der Waals surface area (Å²) in [4.78, 5) is 0. The second-order valence-electron chi connectivity index (χ2n) is 2.00. The minimum atomic E-state index is -5.79. The van der Waals surface area contributed by atoms with Crippen molar-refractivity contribution >= 4 is 31.9 Å². The molecule has 0 aromatic heterocycles. The van der Waals surface area contributed by atoms with Crippen LogP contribution in [0.1, 0.15) is 0 Å². The van der Waals surface area contributed by atoms with Gasteiger partial charge in [-0.1, -0.05) is 0 Å². The minimum Gasteiger partial charge on any atom is -0.220 e. The molecule has 0 amide bonds. The van der Waals surface area contributed by atoms with Crippen molar-refractivity contribution in [2.24, 2.45) is 0 Å². The highest BCUT2D eigenvalue weighted by Gasteiger charge is 2.71. The molecule has 0 fully saturated rings. The Hall–Kier alpha value is 0.470. The lowest BCUT2D eigenvalue weighted by atomic mass is 10.2.